The smallest absolute Gasteiger partial charge is 0.387 e. The molecule has 2 amide bonds. The first-order valence-electron chi connectivity index (χ1n) is 11.9. The number of para-hydroxylation sites is 1. The molecule has 2 unspecified atom stereocenters. The third kappa shape index (κ3) is 5.86. The van der Waals surface area contributed by atoms with Crippen molar-refractivity contribution in [3.8, 4) is 5.75 Å². The molecule has 1 aliphatic heterocycles. The van der Waals surface area contributed by atoms with Gasteiger partial charge >= 0.3 is 6.61 Å². The molecule has 12 heteroatoms. The van der Waals surface area contributed by atoms with E-state index in [0.717, 1.165) is 18.5 Å². The second-order valence-electron chi connectivity index (χ2n) is 10.4. The van der Waals surface area contributed by atoms with E-state index in [1.807, 2.05) is 20.8 Å². The van der Waals surface area contributed by atoms with E-state index < -0.39 is 36.1 Å². The summed E-state index contributed by atoms with van der Waals surface area (Å²) >= 11 is 3.19. The number of aliphatic hydroxyl groups excluding tert-OH is 1. The zero-order chi connectivity index (χ0) is 26.2. The summed E-state index contributed by atoms with van der Waals surface area (Å²) in [6.07, 6.45) is 3.10. The minimum atomic E-state index is -3.03. The number of benzene rings is 1. The van der Waals surface area contributed by atoms with Crippen molar-refractivity contribution in [3.05, 3.63) is 40.1 Å². The lowest BCUT2D eigenvalue weighted by molar-refractivity contribution is -0.144. The summed E-state index contributed by atoms with van der Waals surface area (Å²) in [6.45, 7) is 2.62. The largest absolute Gasteiger partial charge is 0.433 e. The fourth-order valence-corrected chi connectivity index (χ4v) is 5.04. The van der Waals surface area contributed by atoms with Crippen LogP contribution in [0.25, 0.3) is 0 Å². The van der Waals surface area contributed by atoms with Crippen LogP contribution in [0.4, 0.5) is 8.78 Å². The van der Waals surface area contributed by atoms with E-state index in [9.17, 15) is 23.5 Å². The summed E-state index contributed by atoms with van der Waals surface area (Å²) in [5.74, 6) is -0.528. The summed E-state index contributed by atoms with van der Waals surface area (Å²) in [4.78, 5) is 28.3. The Hall–Kier alpha value is -2.60. The van der Waals surface area contributed by atoms with Crippen LogP contribution in [0.2, 0.25) is 0 Å². The van der Waals surface area contributed by atoms with Gasteiger partial charge < -0.3 is 20.1 Å². The van der Waals surface area contributed by atoms with Crippen LogP contribution in [0.1, 0.15) is 63.3 Å². The second kappa shape index (κ2) is 10.4. The van der Waals surface area contributed by atoms with E-state index in [0.29, 0.717) is 16.0 Å². The Morgan fingerprint density at radius 2 is 2.03 bits per heavy atom. The first-order chi connectivity index (χ1) is 17.0. The average Bonchev–Trinajstić information content (AvgIpc) is 3.40. The van der Waals surface area contributed by atoms with Crippen molar-refractivity contribution in [3.63, 3.8) is 0 Å². The van der Waals surface area contributed by atoms with Crippen LogP contribution in [0, 0.1) is 5.41 Å². The van der Waals surface area contributed by atoms with Gasteiger partial charge in [-0.1, -0.05) is 38.1 Å². The number of halogens is 3. The number of alkyl halides is 2. The monoisotopic (exact) mass is 569 g/mol. The summed E-state index contributed by atoms with van der Waals surface area (Å²) in [7, 11) is 0. The molecule has 0 bridgehead atoms. The summed E-state index contributed by atoms with van der Waals surface area (Å²) in [6, 6.07) is 3.11. The Morgan fingerprint density at radius 1 is 1.31 bits per heavy atom. The lowest BCUT2D eigenvalue weighted by Gasteiger charge is -2.34. The molecule has 1 saturated carbocycles. The van der Waals surface area contributed by atoms with Crippen molar-refractivity contribution in [1.29, 1.82) is 0 Å². The highest BCUT2D eigenvalue weighted by molar-refractivity contribution is 9.10. The Labute approximate surface area is 216 Å². The van der Waals surface area contributed by atoms with Crippen LogP contribution in [-0.2, 0) is 16.1 Å². The van der Waals surface area contributed by atoms with Crippen LogP contribution in [0.3, 0.4) is 0 Å². The molecule has 2 N–H and O–H groups in total. The van der Waals surface area contributed by atoms with Gasteiger partial charge in [-0.15, -0.1) is 5.10 Å². The van der Waals surface area contributed by atoms with Gasteiger partial charge in [-0.25, -0.2) is 4.68 Å². The second-order valence-corrected chi connectivity index (χ2v) is 11.2. The van der Waals surface area contributed by atoms with Gasteiger partial charge in [-0.3, -0.25) is 9.59 Å². The highest BCUT2D eigenvalue weighted by Gasteiger charge is 2.45. The van der Waals surface area contributed by atoms with Gasteiger partial charge in [0.2, 0.25) is 11.8 Å². The number of ether oxygens (including phenoxy) is 1. The van der Waals surface area contributed by atoms with Gasteiger partial charge in [-0.05, 0) is 40.3 Å². The van der Waals surface area contributed by atoms with Gasteiger partial charge in [0.05, 0.1) is 16.3 Å². The van der Waals surface area contributed by atoms with E-state index in [4.69, 9.17) is 0 Å². The third-order valence-electron chi connectivity index (χ3n) is 6.42. The first kappa shape index (κ1) is 26.5. The molecule has 2 aliphatic rings. The van der Waals surface area contributed by atoms with Crippen LogP contribution < -0.4 is 10.1 Å². The van der Waals surface area contributed by atoms with Crippen molar-refractivity contribution < 1.29 is 28.2 Å². The number of carbonyl (C=O) groups is 2. The molecule has 1 aromatic carbocycles. The van der Waals surface area contributed by atoms with Crippen LogP contribution in [0.15, 0.2) is 28.9 Å². The van der Waals surface area contributed by atoms with Gasteiger partial charge in [0.1, 0.15) is 17.8 Å². The molecule has 0 spiro atoms. The van der Waals surface area contributed by atoms with Crippen molar-refractivity contribution in [2.24, 2.45) is 5.41 Å². The minimum Gasteiger partial charge on any atom is -0.433 e. The number of β-amino-alcohol motifs (C(OH)–C–C–N with tert-alkyl or cyclic N) is 1. The van der Waals surface area contributed by atoms with E-state index in [-0.39, 0.29) is 31.2 Å². The number of nitrogens with zero attached hydrogens (tertiary/aromatic N) is 4. The number of rotatable bonds is 8. The van der Waals surface area contributed by atoms with Crippen LogP contribution in [-0.4, -0.2) is 62.1 Å². The summed E-state index contributed by atoms with van der Waals surface area (Å²) in [5.41, 5.74) is 0.652. The van der Waals surface area contributed by atoms with Crippen LogP contribution >= 0.6 is 15.9 Å². The normalized spacial score (nSPS) is 21.1. The Balaban J connectivity index is 1.51. The molecule has 2 aromatic rings. The molecule has 1 aliphatic carbocycles. The Kier molecular flexibility index (Phi) is 7.65. The lowest BCUT2D eigenvalue weighted by atomic mass is 9.85. The maximum absolute atomic E-state index is 13.8. The summed E-state index contributed by atoms with van der Waals surface area (Å²) < 4.78 is 32.2. The number of nitrogens with one attached hydrogen (secondary N) is 1. The quantitative estimate of drug-likeness (QED) is 0.504. The topological polar surface area (TPSA) is 110 Å². The number of amides is 2. The molecule has 1 aromatic heterocycles. The molecular formula is C24H30BrF2N5O4. The maximum Gasteiger partial charge on any atom is 0.387 e. The van der Waals surface area contributed by atoms with E-state index in [1.165, 1.54) is 4.90 Å². The van der Waals surface area contributed by atoms with Crippen molar-refractivity contribution in [2.75, 3.05) is 6.54 Å². The van der Waals surface area contributed by atoms with Gasteiger partial charge in [0.15, 0.2) is 0 Å². The fourth-order valence-electron chi connectivity index (χ4n) is 4.54. The molecule has 2 heterocycles. The number of aromatic nitrogens is 3. The molecule has 4 rings (SSSR count). The first-order valence-corrected chi connectivity index (χ1v) is 12.6. The van der Waals surface area contributed by atoms with Crippen LogP contribution in [0.5, 0.6) is 5.75 Å². The number of hydrogen-bond donors (Lipinski definition) is 2. The molecule has 0 radical (unpaired) electrons. The highest BCUT2D eigenvalue weighted by atomic mass is 79.9. The van der Waals surface area contributed by atoms with E-state index in [1.54, 1.807) is 29.1 Å². The van der Waals surface area contributed by atoms with Crippen molar-refractivity contribution >= 4 is 27.7 Å². The van der Waals surface area contributed by atoms with Crippen molar-refractivity contribution in [1.82, 2.24) is 25.2 Å². The molecule has 2 fully saturated rings. The predicted molar refractivity (Wildman–Crippen MR) is 129 cm³/mol. The lowest BCUT2D eigenvalue weighted by Crippen LogP contribution is -2.50. The number of hydrogen-bond acceptors (Lipinski definition) is 6. The Morgan fingerprint density at radius 3 is 2.67 bits per heavy atom. The average molecular weight is 570 g/mol. The molecule has 196 valence electrons. The SMILES string of the molecule is CC(C)(C)[C@@H](C(=O)N1CC(O)CC1C(=O)NCc1cccc(Br)c1OC(F)F)n1cc(C2CC2)nn1. The molecular weight excluding hydrogens is 540 g/mol. The summed E-state index contributed by atoms with van der Waals surface area (Å²) in [5, 5.41) is 21.5. The highest BCUT2D eigenvalue weighted by Crippen LogP contribution is 2.40. The third-order valence-corrected chi connectivity index (χ3v) is 7.04. The zero-order valence-corrected chi connectivity index (χ0v) is 21.9. The Bertz CT molecular complexity index is 1120. The van der Waals surface area contributed by atoms with Gasteiger partial charge in [0, 0.05) is 37.2 Å². The minimum absolute atomic E-state index is 0.00427. The number of aliphatic hydroxyl groups is 1. The van der Waals surface area contributed by atoms with Gasteiger partial charge in [-0.2, -0.15) is 8.78 Å². The fraction of sp³-hybridized carbons (Fsp3) is 0.583. The predicted octanol–water partition coefficient (Wildman–Crippen LogP) is 3.38. The molecule has 1 saturated heterocycles. The zero-order valence-electron chi connectivity index (χ0n) is 20.3. The maximum atomic E-state index is 13.8. The molecule has 9 nitrogen and oxygen atoms in total. The standard InChI is InChI=1S/C24H30BrF2N5O4/c1-24(2,3)20(32-12-17(29-30-32)13-7-8-13)22(35)31-11-15(33)9-18(31)21(34)28-10-14-5-4-6-16(25)19(14)36-23(26)27/h4-6,12-13,15,18,20,23,33H,7-11H2,1-3H3,(H,28,34)/t15?,18?,20-/m1/s1. The van der Waals surface area contributed by atoms with Gasteiger partial charge in [0.25, 0.3) is 0 Å². The van der Waals surface area contributed by atoms with E-state index in [2.05, 4.69) is 36.3 Å². The van der Waals surface area contributed by atoms with E-state index >= 15 is 0 Å². The number of carbonyl (C=O) groups excluding carboxylic acids is 2. The van der Waals surface area contributed by atoms with Crippen molar-refractivity contribution in [2.45, 2.75) is 77.3 Å². The molecule has 36 heavy (non-hydrogen) atoms. The number of likely N-dealkylation sites (tertiary alicyclic amines) is 1. The molecule has 3 atom stereocenters.